The molecule has 2 atom stereocenters. The molecule has 0 N–H and O–H groups in total. The Kier molecular flexibility index (Phi) is 6.28. The molecule has 0 saturated heterocycles. The van der Waals surface area contributed by atoms with Gasteiger partial charge in [-0.15, -0.1) is 0 Å². The Hall–Kier alpha value is -1.10. The van der Waals surface area contributed by atoms with Gasteiger partial charge in [0.2, 0.25) is 5.91 Å². The van der Waals surface area contributed by atoms with Crippen molar-refractivity contribution in [1.29, 1.82) is 0 Å². The summed E-state index contributed by atoms with van der Waals surface area (Å²) < 4.78 is 10.2. The molecule has 1 amide bonds. The van der Waals surface area contributed by atoms with Gasteiger partial charge in [0, 0.05) is 20.1 Å². The molecule has 5 nitrogen and oxygen atoms in total. The largest absolute Gasteiger partial charge is 0.469 e. The van der Waals surface area contributed by atoms with Gasteiger partial charge in [-0.3, -0.25) is 9.59 Å². The number of hydrogen-bond acceptors (Lipinski definition) is 4. The van der Waals surface area contributed by atoms with Crippen LogP contribution < -0.4 is 0 Å². The van der Waals surface area contributed by atoms with E-state index in [1.807, 2.05) is 0 Å². The molecular weight excluding hydrogens is 246 g/mol. The van der Waals surface area contributed by atoms with E-state index in [2.05, 4.69) is 0 Å². The number of nitrogens with zero attached hydrogens (tertiary/aromatic N) is 1. The zero-order valence-corrected chi connectivity index (χ0v) is 12.3. The SMILES string of the molecule is COC(=O)C(C)C(OC)N(C(C)=O)C1CCCCC1. The third-order valence-electron chi connectivity index (χ3n) is 3.85. The molecule has 19 heavy (non-hydrogen) atoms. The second-order valence-electron chi connectivity index (χ2n) is 5.16. The monoisotopic (exact) mass is 271 g/mol. The molecule has 110 valence electrons. The maximum atomic E-state index is 12.0. The highest BCUT2D eigenvalue weighted by Gasteiger charge is 2.36. The van der Waals surface area contributed by atoms with Crippen molar-refractivity contribution in [2.75, 3.05) is 14.2 Å². The molecule has 1 aliphatic rings. The highest BCUT2D eigenvalue weighted by molar-refractivity contribution is 5.76. The molecule has 1 saturated carbocycles. The highest BCUT2D eigenvalue weighted by Crippen LogP contribution is 2.27. The predicted octanol–water partition coefficient (Wildman–Crippen LogP) is 1.95. The van der Waals surface area contributed by atoms with Crippen molar-refractivity contribution in [3.63, 3.8) is 0 Å². The summed E-state index contributed by atoms with van der Waals surface area (Å²) in [6, 6.07) is 0.170. The Morgan fingerprint density at radius 1 is 1.16 bits per heavy atom. The van der Waals surface area contributed by atoms with Crippen LogP contribution in [0.5, 0.6) is 0 Å². The summed E-state index contributed by atoms with van der Waals surface area (Å²) in [7, 11) is 2.88. The van der Waals surface area contributed by atoms with Crippen molar-refractivity contribution in [3.8, 4) is 0 Å². The van der Waals surface area contributed by atoms with E-state index in [0.717, 1.165) is 25.7 Å². The minimum atomic E-state index is -0.548. The molecular formula is C14H25NO4. The van der Waals surface area contributed by atoms with Gasteiger partial charge < -0.3 is 14.4 Å². The Labute approximate surface area is 115 Å². The van der Waals surface area contributed by atoms with Gasteiger partial charge in [-0.2, -0.15) is 0 Å². The highest BCUT2D eigenvalue weighted by atomic mass is 16.5. The molecule has 1 aliphatic carbocycles. The molecule has 1 rings (SSSR count). The Morgan fingerprint density at radius 3 is 2.16 bits per heavy atom. The molecule has 0 bridgehead atoms. The summed E-state index contributed by atoms with van der Waals surface area (Å²) >= 11 is 0. The van der Waals surface area contributed by atoms with Gasteiger partial charge in [-0.05, 0) is 19.8 Å². The maximum Gasteiger partial charge on any atom is 0.312 e. The van der Waals surface area contributed by atoms with Crippen molar-refractivity contribution in [3.05, 3.63) is 0 Å². The Bertz CT molecular complexity index is 313. The van der Waals surface area contributed by atoms with Crippen LogP contribution in [0, 0.1) is 5.92 Å². The van der Waals surface area contributed by atoms with Crippen LogP contribution in [0.15, 0.2) is 0 Å². The van der Waals surface area contributed by atoms with Crippen LogP contribution >= 0.6 is 0 Å². The number of esters is 1. The number of carbonyl (C=O) groups is 2. The van der Waals surface area contributed by atoms with Crippen molar-refractivity contribution < 1.29 is 19.1 Å². The molecule has 0 radical (unpaired) electrons. The summed E-state index contributed by atoms with van der Waals surface area (Å²) in [6.07, 6.45) is 4.87. The standard InChI is InChI=1S/C14H25NO4/c1-10(14(17)19-4)13(18-3)15(11(2)16)12-8-6-5-7-9-12/h10,12-13H,5-9H2,1-4H3. The van der Waals surface area contributed by atoms with Crippen LogP contribution in [-0.4, -0.2) is 43.3 Å². The van der Waals surface area contributed by atoms with Crippen LogP contribution in [0.2, 0.25) is 0 Å². The molecule has 0 spiro atoms. The van der Waals surface area contributed by atoms with Crippen LogP contribution in [0.1, 0.15) is 46.0 Å². The summed E-state index contributed by atoms with van der Waals surface area (Å²) in [5.74, 6) is -0.885. The van der Waals surface area contributed by atoms with E-state index in [1.165, 1.54) is 27.6 Å². The number of carbonyl (C=O) groups excluding carboxylic acids is 2. The van der Waals surface area contributed by atoms with Gasteiger partial charge >= 0.3 is 5.97 Å². The fraction of sp³-hybridized carbons (Fsp3) is 0.857. The van der Waals surface area contributed by atoms with Crippen molar-refractivity contribution in [2.24, 2.45) is 5.92 Å². The molecule has 2 unspecified atom stereocenters. The predicted molar refractivity (Wildman–Crippen MR) is 71.4 cm³/mol. The van der Waals surface area contributed by atoms with E-state index >= 15 is 0 Å². The second-order valence-corrected chi connectivity index (χ2v) is 5.16. The zero-order chi connectivity index (χ0) is 14.4. The first-order valence-corrected chi connectivity index (χ1v) is 6.92. The van der Waals surface area contributed by atoms with E-state index in [4.69, 9.17) is 9.47 Å². The third kappa shape index (κ3) is 3.93. The number of hydrogen-bond donors (Lipinski definition) is 0. The molecule has 0 aliphatic heterocycles. The summed E-state index contributed by atoms with van der Waals surface area (Å²) in [6.45, 7) is 3.27. The average molecular weight is 271 g/mol. The maximum absolute atomic E-state index is 12.0. The number of amides is 1. The van der Waals surface area contributed by atoms with Crippen LogP contribution in [-0.2, 0) is 19.1 Å². The van der Waals surface area contributed by atoms with Gasteiger partial charge in [-0.1, -0.05) is 19.3 Å². The van der Waals surface area contributed by atoms with Crippen LogP contribution in [0.4, 0.5) is 0 Å². The fourth-order valence-corrected chi connectivity index (χ4v) is 2.86. The lowest BCUT2D eigenvalue weighted by Gasteiger charge is -2.40. The zero-order valence-electron chi connectivity index (χ0n) is 12.3. The van der Waals surface area contributed by atoms with Gasteiger partial charge in [0.1, 0.15) is 6.23 Å². The number of ether oxygens (including phenoxy) is 2. The third-order valence-corrected chi connectivity index (χ3v) is 3.85. The van der Waals surface area contributed by atoms with E-state index < -0.39 is 12.1 Å². The number of methoxy groups -OCH3 is 2. The minimum absolute atomic E-state index is 0.0468. The summed E-state index contributed by atoms with van der Waals surface area (Å²) in [5, 5.41) is 0. The Balaban J connectivity index is 2.87. The smallest absolute Gasteiger partial charge is 0.312 e. The quantitative estimate of drug-likeness (QED) is 0.566. The van der Waals surface area contributed by atoms with E-state index in [9.17, 15) is 9.59 Å². The summed E-state index contributed by atoms with van der Waals surface area (Å²) in [4.78, 5) is 25.4. The van der Waals surface area contributed by atoms with Crippen molar-refractivity contribution >= 4 is 11.9 Å². The van der Waals surface area contributed by atoms with Gasteiger partial charge in [0.05, 0.1) is 13.0 Å². The van der Waals surface area contributed by atoms with Gasteiger partial charge in [0.15, 0.2) is 0 Å². The molecule has 0 heterocycles. The first-order valence-electron chi connectivity index (χ1n) is 6.92. The average Bonchev–Trinajstić information content (AvgIpc) is 2.43. The fourth-order valence-electron chi connectivity index (χ4n) is 2.86. The lowest BCUT2D eigenvalue weighted by atomic mass is 9.93. The lowest BCUT2D eigenvalue weighted by molar-refractivity contribution is -0.167. The Morgan fingerprint density at radius 2 is 1.74 bits per heavy atom. The minimum Gasteiger partial charge on any atom is -0.469 e. The lowest BCUT2D eigenvalue weighted by Crippen LogP contribution is -2.52. The molecule has 0 aromatic heterocycles. The number of rotatable bonds is 5. The van der Waals surface area contributed by atoms with E-state index in [1.54, 1.807) is 11.8 Å². The van der Waals surface area contributed by atoms with E-state index in [-0.39, 0.29) is 17.9 Å². The summed E-state index contributed by atoms with van der Waals surface area (Å²) in [5.41, 5.74) is 0. The van der Waals surface area contributed by atoms with Crippen molar-refractivity contribution in [2.45, 2.75) is 58.2 Å². The first kappa shape index (κ1) is 16.0. The van der Waals surface area contributed by atoms with Gasteiger partial charge in [0.25, 0.3) is 0 Å². The topological polar surface area (TPSA) is 55.8 Å². The molecule has 0 aromatic rings. The van der Waals surface area contributed by atoms with Gasteiger partial charge in [-0.25, -0.2) is 0 Å². The molecule has 0 aromatic carbocycles. The van der Waals surface area contributed by atoms with Crippen LogP contribution in [0.25, 0.3) is 0 Å². The molecule has 1 fully saturated rings. The molecule has 5 heteroatoms. The van der Waals surface area contributed by atoms with Crippen molar-refractivity contribution in [1.82, 2.24) is 4.90 Å². The van der Waals surface area contributed by atoms with E-state index in [0.29, 0.717) is 0 Å². The first-order chi connectivity index (χ1) is 9.02. The normalized spacial score (nSPS) is 19.6. The second kappa shape index (κ2) is 7.48. The van der Waals surface area contributed by atoms with Crippen LogP contribution in [0.3, 0.4) is 0 Å².